The van der Waals surface area contributed by atoms with E-state index >= 15 is 0 Å². The van der Waals surface area contributed by atoms with Crippen LogP contribution in [0, 0.1) is 0 Å². The summed E-state index contributed by atoms with van der Waals surface area (Å²) in [5, 5.41) is 8.63. The number of anilines is 3. The van der Waals surface area contributed by atoms with Crippen molar-refractivity contribution < 1.29 is 9.59 Å². The molecule has 1 spiro atoms. The number of nitrogens with one attached hydrogen (secondary N) is 3. The highest BCUT2D eigenvalue weighted by Gasteiger charge is 2.48. The first-order valence-corrected chi connectivity index (χ1v) is 8.26. The number of amides is 3. The van der Waals surface area contributed by atoms with Crippen LogP contribution >= 0.6 is 0 Å². The zero-order chi connectivity index (χ0) is 16.6. The van der Waals surface area contributed by atoms with Crippen LogP contribution in [0.3, 0.4) is 0 Å². The van der Waals surface area contributed by atoms with Crippen molar-refractivity contribution in [3.05, 3.63) is 54.1 Å². The SMILES string of the molecule is O=C(Nc1ccccc1)Nc1ccc2c(c1)C1(CCCC1)C(=O)N2. The Bertz CT molecular complexity index is 796. The first-order valence-electron chi connectivity index (χ1n) is 8.26. The number of hydrogen-bond acceptors (Lipinski definition) is 2. The van der Waals surface area contributed by atoms with Crippen LogP contribution in [0.1, 0.15) is 31.2 Å². The second-order valence-electron chi connectivity index (χ2n) is 6.45. The molecule has 5 heteroatoms. The van der Waals surface area contributed by atoms with Gasteiger partial charge in [-0.1, -0.05) is 31.0 Å². The summed E-state index contributed by atoms with van der Waals surface area (Å²) in [5.41, 5.74) is 2.92. The molecule has 2 aliphatic rings. The molecule has 1 fully saturated rings. The molecule has 2 aromatic rings. The van der Waals surface area contributed by atoms with Gasteiger partial charge in [0.15, 0.2) is 0 Å². The third-order valence-electron chi connectivity index (χ3n) is 4.96. The molecule has 1 aliphatic carbocycles. The smallest absolute Gasteiger partial charge is 0.323 e. The summed E-state index contributed by atoms with van der Waals surface area (Å²) < 4.78 is 0. The Balaban J connectivity index is 1.55. The molecule has 0 bridgehead atoms. The summed E-state index contributed by atoms with van der Waals surface area (Å²) in [6.07, 6.45) is 3.90. The molecule has 0 unspecified atom stereocenters. The van der Waals surface area contributed by atoms with E-state index in [0.717, 1.165) is 42.6 Å². The maximum absolute atomic E-state index is 12.4. The third-order valence-corrected chi connectivity index (χ3v) is 4.96. The monoisotopic (exact) mass is 321 g/mol. The van der Waals surface area contributed by atoms with Crippen LogP contribution in [-0.2, 0) is 10.2 Å². The number of benzene rings is 2. The number of carbonyl (C=O) groups is 2. The van der Waals surface area contributed by atoms with Crippen molar-refractivity contribution in [2.75, 3.05) is 16.0 Å². The van der Waals surface area contributed by atoms with Gasteiger partial charge < -0.3 is 16.0 Å². The Hall–Kier alpha value is -2.82. The zero-order valence-corrected chi connectivity index (χ0v) is 13.3. The van der Waals surface area contributed by atoms with Gasteiger partial charge in [0, 0.05) is 17.1 Å². The van der Waals surface area contributed by atoms with Crippen LogP contribution < -0.4 is 16.0 Å². The molecule has 3 amide bonds. The second-order valence-corrected chi connectivity index (χ2v) is 6.45. The van der Waals surface area contributed by atoms with E-state index in [4.69, 9.17) is 0 Å². The Morgan fingerprint density at radius 2 is 1.67 bits per heavy atom. The number of fused-ring (bicyclic) bond motifs is 2. The Labute approximate surface area is 140 Å². The van der Waals surface area contributed by atoms with Crippen LogP contribution in [0.25, 0.3) is 0 Å². The van der Waals surface area contributed by atoms with E-state index in [0.29, 0.717) is 5.69 Å². The average molecular weight is 321 g/mol. The minimum atomic E-state index is -0.400. The molecule has 0 saturated heterocycles. The highest BCUT2D eigenvalue weighted by Crippen LogP contribution is 2.49. The van der Waals surface area contributed by atoms with Crippen LogP contribution in [0.5, 0.6) is 0 Å². The summed E-state index contributed by atoms with van der Waals surface area (Å²) in [6, 6.07) is 14.6. The summed E-state index contributed by atoms with van der Waals surface area (Å²) in [5.74, 6) is 0.0980. The van der Waals surface area contributed by atoms with Gasteiger partial charge in [-0.25, -0.2) is 4.79 Å². The third kappa shape index (κ3) is 2.42. The van der Waals surface area contributed by atoms with Crippen molar-refractivity contribution in [1.29, 1.82) is 0 Å². The lowest BCUT2D eigenvalue weighted by atomic mass is 9.80. The minimum absolute atomic E-state index is 0.0980. The molecular formula is C19H19N3O2. The fraction of sp³-hybridized carbons (Fsp3) is 0.263. The molecule has 24 heavy (non-hydrogen) atoms. The first kappa shape index (κ1) is 14.8. The Morgan fingerprint density at radius 3 is 2.42 bits per heavy atom. The van der Waals surface area contributed by atoms with Gasteiger partial charge in [0.05, 0.1) is 5.41 Å². The summed E-state index contributed by atoms with van der Waals surface area (Å²) in [4.78, 5) is 24.6. The Morgan fingerprint density at radius 1 is 0.958 bits per heavy atom. The summed E-state index contributed by atoms with van der Waals surface area (Å²) in [6.45, 7) is 0. The predicted octanol–water partition coefficient (Wildman–Crippen LogP) is 4.09. The van der Waals surface area contributed by atoms with Gasteiger partial charge in [-0.15, -0.1) is 0 Å². The molecule has 3 N–H and O–H groups in total. The van der Waals surface area contributed by atoms with Crippen molar-refractivity contribution in [2.24, 2.45) is 0 Å². The first-order chi connectivity index (χ1) is 11.7. The molecule has 2 aromatic carbocycles. The minimum Gasteiger partial charge on any atom is -0.325 e. The lowest BCUT2D eigenvalue weighted by Crippen LogP contribution is -2.31. The number of carbonyl (C=O) groups excluding carboxylic acids is 2. The fourth-order valence-corrected chi connectivity index (χ4v) is 3.78. The van der Waals surface area contributed by atoms with E-state index in [2.05, 4.69) is 16.0 Å². The van der Waals surface area contributed by atoms with Crippen molar-refractivity contribution in [2.45, 2.75) is 31.1 Å². The summed E-state index contributed by atoms with van der Waals surface area (Å²) in [7, 11) is 0. The standard InChI is InChI=1S/C19H19N3O2/c23-17-19(10-4-5-11-19)15-12-14(8-9-16(15)22-17)21-18(24)20-13-6-2-1-3-7-13/h1-3,6-9,12H,4-5,10-11H2,(H,22,23)(H2,20,21,24). The molecule has 1 saturated carbocycles. The highest BCUT2D eigenvalue weighted by molar-refractivity contribution is 6.07. The van der Waals surface area contributed by atoms with E-state index in [9.17, 15) is 9.59 Å². The maximum Gasteiger partial charge on any atom is 0.323 e. The van der Waals surface area contributed by atoms with E-state index in [1.807, 2.05) is 48.5 Å². The molecule has 122 valence electrons. The van der Waals surface area contributed by atoms with Gasteiger partial charge in [-0.2, -0.15) is 0 Å². The number of rotatable bonds is 2. The van der Waals surface area contributed by atoms with Gasteiger partial charge in [0.2, 0.25) is 5.91 Å². The normalized spacial score (nSPS) is 17.4. The van der Waals surface area contributed by atoms with Crippen molar-refractivity contribution in [3.63, 3.8) is 0 Å². The van der Waals surface area contributed by atoms with Gasteiger partial charge in [-0.3, -0.25) is 4.79 Å². The van der Waals surface area contributed by atoms with E-state index in [-0.39, 0.29) is 11.9 Å². The molecule has 0 aromatic heterocycles. The molecule has 0 atom stereocenters. The highest BCUT2D eigenvalue weighted by atomic mass is 16.2. The van der Waals surface area contributed by atoms with E-state index < -0.39 is 5.41 Å². The van der Waals surface area contributed by atoms with Crippen LogP contribution in [-0.4, -0.2) is 11.9 Å². The molecule has 4 rings (SSSR count). The molecule has 0 radical (unpaired) electrons. The van der Waals surface area contributed by atoms with Crippen molar-refractivity contribution in [1.82, 2.24) is 0 Å². The summed E-state index contributed by atoms with van der Waals surface area (Å²) >= 11 is 0. The lowest BCUT2D eigenvalue weighted by Gasteiger charge is -2.21. The maximum atomic E-state index is 12.4. The van der Waals surface area contributed by atoms with Crippen molar-refractivity contribution >= 4 is 29.0 Å². The molecular weight excluding hydrogens is 302 g/mol. The topological polar surface area (TPSA) is 70.2 Å². The molecule has 5 nitrogen and oxygen atoms in total. The number of urea groups is 1. The van der Waals surface area contributed by atoms with Crippen LogP contribution in [0.15, 0.2) is 48.5 Å². The lowest BCUT2D eigenvalue weighted by molar-refractivity contribution is -0.120. The second kappa shape index (κ2) is 5.67. The number of hydrogen-bond donors (Lipinski definition) is 3. The average Bonchev–Trinajstić information content (AvgIpc) is 3.17. The molecule has 1 aliphatic heterocycles. The molecule has 1 heterocycles. The van der Waals surface area contributed by atoms with E-state index in [1.165, 1.54) is 0 Å². The largest absolute Gasteiger partial charge is 0.325 e. The Kier molecular flexibility index (Phi) is 3.49. The number of para-hydroxylation sites is 1. The van der Waals surface area contributed by atoms with Crippen molar-refractivity contribution in [3.8, 4) is 0 Å². The van der Waals surface area contributed by atoms with Crippen LogP contribution in [0.4, 0.5) is 21.9 Å². The zero-order valence-electron chi connectivity index (χ0n) is 13.3. The van der Waals surface area contributed by atoms with Crippen LogP contribution in [0.2, 0.25) is 0 Å². The quantitative estimate of drug-likeness (QED) is 0.779. The van der Waals surface area contributed by atoms with Gasteiger partial charge in [0.1, 0.15) is 0 Å². The van der Waals surface area contributed by atoms with Gasteiger partial charge in [0.25, 0.3) is 0 Å². The van der Waals surface area contributed by atoms with Gasteiger partial charge in [-0.05, 0) is 48.7 Å². The fourth-order valence-electron chi connectivity index (χ4n) is 3.78. The van der Waals surface area contributed by atoms with E-state index in [1.54, 1.807) is 0 Å². The predicted molar refractivity (Wildman–Crippen MR) is 94.3 cm³/mol. The van der Waals surface area contributed by atoms with Gasteiger partial charge >= 0.3 is 6.03 Å².